The Hall–Kier alpha value is -1.88. The molecule has 0 saturated carbocycles. The first kappa shape index (κ1) is 18.5. The first-order valence-corrected chi connectivity index (χ1v) is 8.34. The number of nitrogens with zero attached hydrogens (tertiary/aromatic N) is 1. The van der Waals surface area contributed by atoms with Gasteiger partial charge in [-0.1, -0.05) is 48.0 Å². The van der Waals surface area contributed by atoms with Gasteiger partial charge in [0.1, 0.15) is 0 Å². The highest BCUT2D eigenvalue weighted by molar-refractivity contribution is 6.31. The zero-order valence-electron chi connectivity index (χ0n) is 13.9. The van der Waals surface area contributed by atoms with Crippen molar-refractivity contribution in [1.82, 2.24) is 5.32 Å². The smallest absolute Gasteiger partial charge is 0.228 e. The number of halogens is 1. The van der Waals surface area contributed by atoms with Crippen LogP contribution in [0.1, 0.15) is 25.0 Å². The molecule has 0 aromatic heterocycles. The standard InChI is InChI=1S/C19H23ClN2O2/c1-14(12-19(24)22(2)15-8-4-3-5-9-15)21-13-18(23)16-10-6-7-11-17(16)20/h3-11,14,18,21,23H,12-13H2,1-2H3. The molecular formula is C19H23ClN2O2. The third-order valence-corrected chi connectivity index (χ3v) is 4.27. The predicted molar refractivity (Wildman–Crippen MR) is 98.3 cm³/mol. The van der Waals surface area contributed by atoms with Gasteiger partial charge in [-0.2, -0.15) is 0 Å². The zero-order chi connectivity index (χ0) is 17.5. The molecule has 5 heteroatoms. The molecule has 24 heavy (non-hydrogen) atoms. The van der Waals surface area contributed by atoms with Gasteiger partial charge >= 0.3 is 0 Å². The summed E-state index contributed by atoms with van der Waals surface area (Å²) in [5.41, 5.74) is 1.55. The lowest BCUT2D eigenvalue weighted by atomic mass is 10.1. The van der Waals surface area contributed by atoms with Crippen LogP contribution in [-0.4, -0.2) is 30.6 Å². The number of nitrogens with one attached hydrogen (secondary N) is 1. The van der Waals surface area contributed by atoms with Gasteiger partial charge in [0.15, 0.2) is 0 Å². The summed E-state index contributed by atoms with van der Waals surface area (Å²) < 4.78 is 0. The van der Waals surface area contributed by atoms with Crippen molar-refractivity contribution in [2.24, 2.45) is 0 Å². The van der Waals surface area contributed by atoms with Crippen LogP contribution < -0.4 is 10.2 Å². The molecular weight excluding hydrogens is 324 g/mol. The molecule has 2 rings (SSSR count). The van der Waals surface area contributed by atoms with Crippen LogP contribution in [0.4, 0.5) is 5.69 Å². The molecule has 2 aromatic rings. The van der Waals surface area contributed by atoms with Gasteiger partial charge in [0.25, 0.3) is 0 Å². The molecule has 0 aliphatic rings. The van der Waals surface area contributed by atoms with E-state index in [1.807, 2.05) is 49.4 Å². The van der Waals surface area contributed by atoms with E-state index in [2.05, 4.69) is 5.32 Å². The van der Waals surface area contributed by atoms with Crippen LogP contribution in [0.5, 0.6) is 0 Å². The van der Waals surface area contributed by atoms with E-state index in [-0.39, 0.29) is 11.9 Å². The fourth-order valence-electron chi connectivity index (χ4n) is 2.43. The molecule has 2 N–H and O–H groups in total. The van der Waals surface area contributed by atoms with E-state index in [9.17, 15) is 9.90 Å². The van der Waals surface area contributed by atoms with Gasteiger partial charge in [-0.05, 0) is 25.1 Å². The SMILES string of the molecule is CC(CC(=O)N(C)c1ccccc1)NCC(O)c1ccccc1Cl. The number of carbonyl (C=O) groups excluding carboxylic acids is 1. The van der Waals surface area contributed by atoms with Crippen molar-refractivity contribution in [2.75, 3.05) is 18.5 Å². The zero-order valence-corrected chi connectivity index (χ0v) is 14.7. The summed E-state index contributed by atoms with van der Waals surface area (Å²) in [6.07, 6.45) is -0.358. The lowest BCUT2D eigenvalue weighted by Gasteiger charge is -2.21. The second-order valence-corrected chi connectivity index (χ2v) is 6.25. The molecule has 0 saturated heterocycles. The minimum absolute atomic E-state index is 0.0217. The van der Waals surface area contributed by atoms with E-state index in [0.29, 0.717) is 23.6 Å². The van der Waals surface area contributed by atoms with Crippen molar-refractivity contribution in [1.29, 1.82) is 0 Å². The predicted octanol–water partition coefficient (Wildman–Crippen LogP) is 3.40. The Morgan fingerprint density at radius 3 is 2.46 bits per heavy atom. The van der Waals surface area contributed by atoms with Crippen molar-refractivity contribution >= 4 is 23.2 Å². The Kier molecular flexibility index (Phi) is 6.79. The summed E-state index contributed by atoms with van der Waals surface area (Å²) in [6.45, 7) is 2.27. The second kappa shape index (κ2) is 8.83. The number of hydrogen-bond acceptors (Lipinski definition) is 3. The van der Waals surface area contributed by atoms with Crippen LogP contribution in [0, 0.1) is 0 Å². The molecule has 2 aromatic carbocycles. The number of aliphatic hydroxyl groups is 1. The highest BCUT2D eigenvalue weighted by Crippen LogP contribution is 2.22. The monoisotopic (exact) mass is 346 g/mol. The topological polar surface area (TPSA) is 52.6 Å². The van der Waals surface area contributed by atoms with Crippen molar-refractivity contribution in [3.63, 3.8) is 0 Å². The highest BCUT2D eigenvalue weighted by atomic mass is 35.5. The first-order chi connectivity index (χ1) is 11.5. The molecule has 0 radical (unpaired) electrons. The molecule has 4 nitrogen and oxygen atoms in total. The van der Waals surface area contributed by atoms with Crippen molar-refractivity contribution in [3.05, 3.63) is 65.2 Å². The highest BCUT2D eigenvalue weighted by Gasteiger charge is 2.16. The minimum Gasteiger partial charge on any atom is -0.387 e. The third kappa shape index (κ3) is 5.06. The maximum absolute atomic E-state index is 12.3. The summed E-state index contributed by atoms with van der Waals surface area (Å²) in [6, 6.07) is 16.7. The van der Waals surface area contributed by atoms with Gasteiger partial charge in [0.2, 0.25) is 5.91 Å². The first-order valence-electron chi connectivity index (χ1n) is 7.96. The number of anilines is 1. The number of benzene rings is 2. The van der Waals surface area contributed by atoms with Crippen LogP contribution in [0.2, 0.25) is 5.02 Å². The van der Waals surface area contributed by atoms with Crippen LogP contribution >= 0.6 is 11.6 Å². The van der Waals surface area contributed by atoms with E-state index in [0.717, 1.165) is 5.69 Å². The molecule has 0 heterocycles. The molecule has 1 amide bonds. The fraction of sp³-hybridized carbons (Fsp3) is 0.316. The average Bonchev–Trinajstić information content (AvgIpc) is 2.60. The summed E-state index contributed by atoms with van der Waals surface area (Å²) in [7, 11) is 1.77. The van der Waals surface area contributed by atoms with Crippen molar-refractivity contribution < 1.29 is 9.90 Å². The van der Waals surface area contributed by atoms with Gasteiger partial charge in [0.05, 0.1) is 6.10 Å². The quantitative estimate of drug-likeness (QED) is 0.807. The van der Waals surface area contributed by atoms with Crippen LogP contribution in [-0.2, 0) is 4.79 Å². The number of rotatable bonds is 7. The van der Waals surface area contributed by atoms with Gasteiger partial charge in [-0.25, -0.2) is 0 Å². The van der Waals surface area contributed by atoms with Gasteiger partial charge in [-0.15, -0.1) is 0 Å². The van der Waals surface area contributed by atoms with Gasteiger partial charge in [0, 0.05) is 42.3 Å². The van der Waals surface area contributed by atoms with Gasteiger partial charge < -0.3 is 15.3 Å². The Labute approximate surface area is 148 Å². The second-order valence-electron chi connectivity index (χ2n) is 5.84. The number of hydrogen-bond donors (Lipinski definition) is 2. The average molecular weight is 347 g/mol. The Balaban J connectivity index is 1.83. The van der Waals surface area contributed by atoms with Crippen LogP contribution in [0.15, 0.2) is 54.6 Å². The van der Waals surface area contributed by atoms with Crippen LogP contribution in [0.25, 0.3) is 0 Å². The van der Waals surface area contributed by atoms with E-state index < -0.39 is 6.10 Å². The molecule has 2 atom stereocenters. The number of para-hydroxylation sites is 1. The molecule has 0 spiro atoms. The Morgan fingerprint density at radius 2 is 1.79 bits per heavy atom. The molecule has 0 fully saturated rings. The molecule has 0 bridgehead atoms. The largest absolute Gasteiger partial charge is 0.387 e. The lowest BCUT2D eigenvalue weighted by molar-refractivity contribution is -0.118. The van der Waals surface area contributed by atoms with Crippen molar-refractivity contribution in [2.45, 2.75) is 25.5 Å². The number of amides is 1. The molecule has 2 unspecified atom stereocenters. The number of carbonyl (C=O) groups is 1. The maximum Gasteiger partial charge on any atom is 0.228 e. The van der Waals surface area contributed by atoms with E-state index >= 15 is 0 Å². The summed E-state index contributed by atoms with van der Waals surface area (Å²) in [4.78, 5) is 14.0. The fourth-order valence-corrected chi connectivity index (χ4v) is 2.70. The summed E-state index contributed by atoms with van der Waals surface area (Å²) in [5.74, 6) is 0.0217. The molecule has 0 aliphatic carbocycles. The van der Waals surface area contributed by atoms with Crippen LogP contribution in [0.3, 0.4) is 0 Å². The Morgan fingerprint density at radius 1 is 1.17 bits per heavy atom. The van der Waals surface area contributed by atoms with E-state index in [1.54, 1.807) is 24.1 Å². The van der Waals surface area contributed by atoms with Gasteiger partial charge in [-0.3, -0.25) is 4.79 Å². The molecule has 0 aliphatic heterocycles. The summed E-state index contributed by atoms with van der Waals surface area (Å²) >= 11 is 6.08. The Bertz CT molecular complexity index is 663. The van der Waals surface area contributed by atoms with E-state index in [4.69, 9.17) is 11.6 Å². The third-order valence-electron chi connectivity index (χ3n) is 3.92. The molecule has 128 valence electrons. The lowest BCUT2D eigenvalue weighted by Crippen LogP contribution is -2.36. The summed E-state index contributed by atoms with van der Waals surface area (Å²) in [5, 5.41) is 14.0. The maximum atomic E-state index is 12.3. The normalized spacial score (nSPS) is 13.3. The minimum atomic E-state index is -0.705. The van der Waals surface area contributed by atoms with Crippen molar-refractivity contribution in [3.8, 4) is 0 Å². The number of aliphatic hydroxyl groups excluding tert-OH is 1. The van der Waals surface area contributed by atoms with E-state index in [1.165, 1.54) is 0 Å².